The van der Waals surface area contributed by atoms with E-state index in [1.54, 1.807) is 0 Å². The molecule has 0 saturated carbocycles. The topological polar surface area (TPSA) is 49.6 Å². The summed E-state index contributed by atoms with van der Waals surface area (Å²) in [6.45, 7) is 2.32. The molecule has 4 aromatic rings. The fraction of sp³-hybridized carbons (Fsp3) is 0.280. The molecule has 1 amide bonds. The van der Waals surface area contributed by atoms with E-state index in [-0.39, 0.29) is 11.8 Å². The van der Waals surface area contributed by atoms with E-state index >= 15 is 0 Å². The van der Waals surface area contributed by atoms with Gasteiger partial charge in [0.25, 0.3) is 0 Å². The molecule has 0 radical (unpaired) electrons. The maximum Gasteiger partial charge on any atom is 0.224 e. The van der Waals surface area contributed by atoms with Crippen LogP contribution in [0.4, 0.5) is 5.82 Å². The smallest absolute Gasteiger partial charge is 0.224 e. The van der Waals surface area contributed by atoms with Crippen molar-refractivity contribution >= 4 is 28.3 Å². The van der Waals surface area contributed by atoms with Gasteiger partial charge in [-0.05, 0) is 49.1 Å². The lowest BCUT2D eigenvalue weighted by Crippen LogP contribution is -2.44. The largest absolute Gasteiger partial charge is 0.355 e. The molecule has 0 aliphatic carbocycles. The minimum absolute atomic E-state index is 0.00203. The second-order valence-corrected chi connectivity index (χ2v) is 8.00. The Kier molecular flexibility index (Phi) is 5.10. The maximum atomic E-state index is 12.8. The third kappa shape index (κ3) is 3.63. The fourth-order valence-electron chi connectivity index (χ4n) is 4.44. The van der Waals surface area contributed by atoms with Crippen LogP contribution >= 0.6 is 0 Å². The predicted octanol–water partition coefficient (Wildman–Crippen LogP) is 4.06. The Morgan fingerprint density at radius 3 is 2.70 bits per heavy atom. The normalized spacial score (nSPS) is 16.8. The van der Waals surface area contributed by atoms with Crippen LogP contribution in [0.25, 0.3) is 16.6 Å². The van der Waals surface area contributed by atoms with Crippen LogP contribution in [0.1, 0.15) is 18.4 Å². The highest BCUT2D eigenvalue weighted by molar-refractivity contribution is 5.86. The summed E-state index contributed by atoms with van der Waals surface area (Å²) in [4.78, 5) is 20.1. The average molecular weight is 399 g/mol. The molecule has 2 aromatic heterocycles. The van der Waals surface area contributed by atoms with Gasteiger partial charge in [-0.2, -0.15) is 0 Å². The molecule has 0 bridgehead atoms. The lowest BCUT2D eigenvalue weighted by molar-refractivity contribution is -0.125. The molecule has 5 nitrogen and oxygen atoms in total. The van der Waals surface area contributed by atoms with E-state index in [0.29, 0.717) is 13.1 Å². The van der Waals surface area contributed by atoms with Crippen molar-refractivity contribution in [2.75, 3.05) is 24.5 Å². The summed E-state index contributed by atoms with van der Waals surface area (Å²) in [5.74, 6) is 1.13. The number of benzene rings is 2. The summed E-state index contributed by atoms with van der Waals surface area (Å²) in [5.41, 5.74) is 4.43. The third-order valence-corrected chi connectivity index (χ3v) is 5.99. The van der Waals surface area contributed by atoms with Crippen molar-refractivity contribution in [3.05, 3.63) is 78.5 Å². The predicted molar refractivity (Wildman–Crippen MR) is 121 cm³/mol. The van der Waals surface area contributed by atoms with Gasteiger partial charge < -0.3 is 14.6 Å². The standard InChI is InChI=1S/C25H26N4O/c30-25(26-15-14-19-8-2-1-3-9-19)20-10-6-16-28(18-20)24-23-13-7-17-29(23)22-12-5-4-11-21(22)27-24/h1-5,7-9,11-13,17,20H,6,10,14-16,18H2,(H,26,30)/t20-/m0/s1. The number of anilines is 1. The zero-order chi connectivity index (χ0) is 20.3. The molecule has 152 valence electrons. The highest BCUT2D eigenvalue weighted by Gasteiger charge is 2.27. The van der Waals surface area contributed by atoms with Crippen molar-refractivity contribution in [1.82, 2.24) is 14.7 Å². The molecular formula is C25H26N4O. The van der Waals surface area contributed by atoms with Gasteiger partial charge in [-0.1, -0.05) is 42.5 Å². The number of piperidine rings is 1. The molecule has 1 saturated heterocycles. The van der Waals surface area contributed by atoms with Crippen LogP contribution in [0.15, 0.2) is 72.9 Å². The van der Waals surface area contributed by atoms with E-state index < -0.39 is 0 Å². The van der Waals surface area contributed by atoms with Gasteiger partial charge in [0, 0.05) is 25.8 Å². The van der Waals surface area contributed by atoms with Gasteiger partial charge in [-0.15, -0.1) is 0 Å². The van der Waals surface area contributed by atoms with Gasteiger partial charge in [0.1, 0.15) is 0 Å². The molecule has 0 unspecified atom stereocenters. The highest BCUT2D eigenvalue weighted by Crippen LogP contribution is 2.29. The first kappa shape index (κ1) is 18.7. The number of nitrogens with zero attached hydrogens (tertiary/aromatic N) is 3. The third-order valence-electron chi connectivity index (χ3n) is 5.99. The SMILES string of the molecule is O=C(NCCc1ccccc1)[C@H]1CCCN(c2nc3ccccc3n3cccc23)C1. The number of rotatable bonds is 5. The minimum Gasteiger partial charge on any atom is -0.355 e. The number of hydrogen-bond donors (Lipinski definition) is 1. The van der Waals surface area contributed by atoms with Crippen LogP contribution in [-0.2, 0) is 11.2 Å². The number of carbonyl (C=O) groups excluding carboxylic acids is 1. The van der Waals surface area contributed by atoms with E-state index in [0.717, 1.165) is 48.2 Å². The number of para-hydroxylation sites is 2. The zero-order valence-corrected chi connectivity index (χ0v) is 17.0. The van der Waals surface area contributed by atoms with Crippen molar-refractivity contribution in [1.29, 1.82) is 0 Å². The quantitative estimate of drug-likeness (QED) is 0.551. The Bertz CT molecular complexity index is 1170. The number of fused-ring (bicyclic) bond motifs is 3. The van der Waals surface area contributed by atoms with E-state index in [9.17, 15) is 4.79 Å². The Morgan fingerprint density at radius 2 is 1.80 bits per heavy atom. The van der Waals surface area contributed by atoms with Crippen molar-refractivity contribution < 1.29 is 4.79 Å². The van der Waals surface area contributed by atoms with Gasteiger partial charge in [-0.25, -0.2) is 4.98 Å². The molecule has 30 heavy (non-hydrogen) atoms. The van der Waals surface area contributed by atoms with Crippen LogP contribution in [-0.4, -0.2) is 34.9 Å². The molecule has 5 heteroatoms. The first-order chi connectivity index (χ1) is 14.8. The Morgan fingerprint density at radius 1 is 1.00 bits per heavy atom. The van der Waals surface area contributed by atoms with Gasteiger partial charge in [0.15, 0.2) is 5.82 Å². The first-order valence-corrected chi connectivity index (χ1v) is 10.7. The molecule has 1 aliphatic heterocycles. The molecule has 1 aliphatic rings. The Balaban J connectivity index is 1.31. The lowest BCUT2D eigenvalue weighted by Gasteiger charge is -2.33. The van der Waals surface area contributed by atoms with Crippen LogP contribution < -0.4 is 10.2 Å². The minimum atomic E-state index is -0.00203. The fourth-order valence-corrected chi connectivity index (χ4v) is 4.44. The van der Waals surface area contributed by atoms with Gasteiger partial charge >= 0.3 is 0 Å². The summed E-state index contributed by atoms with van der Waals surface area (Å²) in [6.07, 6.45) is 4.87. The Hall–Kier alpha value is -3.34. The molecule has 2 aromatic carbocycles. The summed E-state index contributed by atoms with van der Waals surface area (Å²) < 4.78 is 2.20. The number of aromatic nitrogens is 2. The molecule has 5 rings (SSSR count). The van der Waals surface area contributed by atoms with E-state index in [1.165, 1.54) is 5.56 Å². The number of hydrogen-bond acceptors (Lipinski definition) is 3. The second-order valence-electron chi connectivity index (χ2n) is 8.00. The van der Waals surface area contributed by atoms with Crippen molar-refractivity contribution in [2.45, 2.75) is 19.3 Å². The molecule has 1 atom stereocenters. The van der Waals surface area contributed by atoms with E-state index in [1.807, 2.05) is 30.3 Å². The van der Waals surface area contributed by atoms with Crippen LogP contribution in [0.5, 0.6) is 0 Å². The number of nitrogens with one attached hydrogen (secondary N) is 1. The average Bonchev–Trinajstić information content (AvgIpc) is 3.30. The highest BCUT2D eigenvalue weighted by atomic mass is 16.1. The summed E-state index contributed by atoms with van der Waals surface area (Å²) in [7, 11) is 0. The summed E-state index contributed by atoms with van der Waals surface area (Å²) >= 11 is 0. The molecule has 1 fully saturated rings. The molecule has 3 heterocycles. The van der Waals surface area contributed by atoms with Crippen molar-refractivity contribution in [3.63, 3.8) is 0 Å². The first-order valence-electron chi connectivity index (χ1n) is 10.7. The molecule has 1 N–H and O–H groups in total. The second kappa shape index (κ2) is 8.19. The van der Waals surface area contributed by atoms with E-state index in [2.05, 4.69) is 57.2 Å². The molecular weight excluding hydrogens is 372 g/mol. The van der Waals surface area contributed by atoms with E-state index in [4.69, 9.17) is 4.98 Å². The monoisotopic (exact) mass is 398 g/mol. The lowest BCUT2D eigenvalue weighted by atomic mass is 9.97. The van der Waals surface area contributed by atoms with Gasteiger partial charge in [-0.3, -0.25) is 4.79 Å². The van der Waals surface area contributed by atoms with Crippen LogP contribution in [0.3, 0.4) is 0 Å². The maximum absolute atomic E-state index is 12.8. The summed E-state index contributed by atoms with van der Waals surface area (Å²) in [5, 5.41) is 3.14. The van der Waals surface area contributed by atoms with Gasteiger partial charge in [0.2, 0.25) is 5.91 Å². The zero-order valence-electron chi connectivity index (χ0n) is 17.0. The van der Waals surface area contributed by atoms with Crippen LogP contribution in [0.2, 0.25) is 0 Å². The van der Waals surface area contributed by atoms with Crippen LogP contribution in [0, 0.1) is 5.92 Å². The van der Waals surface area contributed by atoms with Crippen molar-refractivity contribution in [2.24, 2.45) is 5.92 Å². The number of carbonyl (C=O) groups is 1. The molecule has 0 spiro atoms. The summed E-state index contributed by atoms with van der Waals surface area (Å²) in [6, 6.07) is 22.7. The van der Waals surface area contributed by atoms with Gasteiger partial charge in [0.05, 0.1) is 22.5 Å². The van der Waals surface area contributed by atoms with Crippen molar-refractivity contribution in [3.8, 4) is 0 Å². The number of amides is 1. The Labute approximate surface area is 176 Å².